The van der Waals surface area contributed by atoms with Gasteiger partial charge < -0.3 is 15.1 Å². The molecule has 1 aromatic heterocycles. The van der Waals surface area contributed by atoms with Crippen LogP contribution in [-0.4, -0.2) is 11.8 Å². The third-order valence-electron chi connectivity index (χ3n) is 3.32. The Bertz CT molecular complexity index is 844. The predicted octanol–water partition coefficient (Wildman–Crippen LogP) is 4.89. The van der Waals surface area contributed by atoms with Crippen LogP contribution in [-0.2, 0) is 11.0 Å². The van der Waals surface area contributed by atoms with Crippen LogP contribution < -0.4 is 10.6 Å². The van der Waals surface area contributed by atoms with E-state index in [4.69, 9.17) is 4.42 Å². The second kappa shape index (κ2) is 6.91. The molecule has 5 nitrogen and oxygen atoms in total. The molecule has 0 atom stereocenters. The van der Waals surface area contributed by atoms with Gasteiger partial charge in [-0.1, -0.05) is 0 Å². The summed E-state index contributed by atoms with van der Waals surface area (Å²) < 4.78 is 44.5. The molecule has 2 N–H and O–H groups in total. The average molecular weight is 419 g/mol. The summed E-state index contributed by atoms with van der Waals surface area (Å²) in [5.74, 6) is -0.359. The van der Waals surface area contributed by atoms with Gasteiger partial charge in [0.2, 0.25) is 5.91 Å². The number of anilines is 2. The topological polar surface area (TPSA) is 71.3 Å². The zero-order valence-electron chi connectivity index (χ0n) is 13.5. The first-order chi connectivity index (χ1) is 11.5. The predicted molar refractivity (Wildman–Crippen MR) is 89.6 cm³/mol. The summed E-state index contributed by atoms with van der Waals surface area (Å²) in [6.07, 6.45) is -4.59. The Morgan fingerprint density at radius 1 is 1.08 bits per heavy atom. The number of amides is 2. The number of nitrogens with one attached hydrogen (secondary N) is 2. The monoisotopic (exact) mass is 418 g/mol. The molecule has 2 aromatic rings. The molecule has 0 bridgehead atoms. The Labute approximate surface area is 149 Å². The molecular weight excluding hydrogens is 405 g/mol. The second-order valence-corrected chi connectivity index (χ2v) is 6.09. The van der Waals surface area contributed by atoms with E-state index in [-0.39, 0.29) is 16.9 Å². The first-order valence-electron chi connectivity index (χ1n) is 7.06. The van der Waals surface area contributed by atoms with Crippen molar-refractivity contribution >= 4 is 39.1 Å². The molecule has 2 rings (SSSR count). The third-order valence-corrected chi connectivity index (χ3v) is 4.27. The molecule has 9 heteroatoms. The molecule has 0 saturated carbocycles. The van der Waals surface area contributed by atoms with E-state index in [0.717, 1.165) is 18.2 Å². The van der Waals surface area contributed by atoms with Crippen LogP contribution in [0.5, 0.6) is 0 Å². The lowest BCUT2D eigenvalue weighted by Gasteiger charge is -2.15. The van der Waals surface area contributed by atoms with Crippen molar-refractivity contribution in [3.63, 3.8) is 0 Å². The standard InChI is InChI=1S/C16H14BrF3N2O3/c1-7-13(14(17)8(2)25-7)15(24)22-12-6-10(16(18,19)20)4-5-11(12)21-9(3)23/h4-6H,1-3H3,(H,21,23)(H,22,24). The van der Waals surface area contributed by atoms with Gasteiger partial charge in [0, 0.05) is 6.92 Å². The average Bonchev–Trinajstić information content (AvgIpc) is 2.72. The van der Waals surface area contributed by atoms with Gasteiger partial charge in [0.1, 0.15) is 11.5 Å². The number of benzene rings is 1. The van der Waals surface area contributed by atoms with E-state index in [1.807, 2.05) is 0 Å². The summed E-state index contributed by atoms with van der Waals surface area (Å²) >= 11 is 3.22. The molecule has 0 aliphatic heterocycles. The van der Waals surface area contributed by atoms with Gasteiger partial charge >= 0.3 is 6.18 Å². The van der Waals surface area contributed by atoms with Crippen molar-refractivity contribution in [2.45, 2.75) is 26.9 Å². The fourth-order valence-electron chi connectivity index (χ4n) is 2.22. The fourth-order valence-corrected chi connectivity index (χ4v) is 2.76. The van der Waals surface area contributed by atoms with E-state index in [1.165, 1.54) is 6.92 Å². The van der Waals surface area contributed by atoms with Crippen LogP contribution in [0, 0.1) is 13.8 Å². The zero-order valence-corrected chi connectivity index (χ0v) is 15.1. The molecule has 134 valence electrons. The van der Waals surface area contributed by atoms with Crippen molar-refractivity contribution in [2.24, 2.45) is 0 Å². The van der Waals surface area contributed by atoms with Crippen LogP contribution in [0.25, 0.3) is 0 Å². The van der Waals surface area contributed by atoms with Gasteiger partial charge in [-0.25, -0.2) is 0 Å². The molecule has 1 aromatic carbocycles. The number of hydrogen-bond acceptors (Lipinski definition) is 3. The van der Waals surface area contributed by atoms with Gasteiger partial charge in [0.15, 0.2) is 0 Å². The van der Waals surface area contributed by atoms with Crippen LogP contribution >= 0.6 is 15.9 Å². The summed E-state index contributed by atoms with van der Waals surface area (Å²) in [5.41, 5.74) is -0.886. The number of carbonyl (C=O) groups is 2. The Morgan fingerprint density at radius 3 is 2.20 bits per heavy atom. The largest absolute Gasteiger partial charge is 0.465 e. The lowest BCUT2D eigenvalue weighted by Crippen LogP contribution is -2.17. The highest BCUT2D eigenvalue weighted by Crippen LogP contribution is 2.35. The molecule has 0 aliphatic rings. The molecule has 0 saturated heterocycles. The maximum Gasteiger partial charge on any atom is 0.416 e. The number of aryl methyl sites for hydroxylation is 2. The van der Waals surface area contributed by atoms with Gasteiger partial charge in [0.05, 0.1) is 27.0 Å². The molecule has 1 heterocycles. The van der Waals surface area contributed by atoms with E-state index in [9.17, 15) is 22.8 Å². The van der Waals surface area contributed by atoms with Gasteiger partial charge in [-0.15, -0.1) is 0 Å². The van der Waals surface area contributed by atoms with Gasteiger partial charge in [-0.3, -0.25) is 9.59 Å². The van der Waals surface area contributed by atoms with Gasteiger partial charge in [-0.05, 0) is 48.0 Å². The summed E-state index contributed by atoms with van der Waals surface area (Å²) in [6, 6.07) is 2.67. The minimum atomic E-state index is -4.59. The molecule has 0 spiro atoms. The zero-order chi connectivity index (χ0) is 18.9. The summed E-state index contributed by atoms with van der Waals surface area (Å²) in [4.78, 5) is 23.7. The normalized spacial score (nSPS) is 11.3. The number of rotatable bonds is 3. The SMILES string of the molecule is CC(=O)Nc1ccc(C(F)(F)F)cc1NC(=O)c1c(C)oc(C)c1Br. The van der Waals surface area contributed by atoms with Crippen molar-refractivity contribution in [3.8, 4) is 0 Å². The van der Waals surface area contributed by atoms with E-state index >= 15 is 0 Å². The van der Waals surface area contributed by atoms with Crippen LogP contribution in [0.3, 0.4) is 0 Å². The van der Waals surface area contributed by atoms with E-state index in [2.05, 4.69) is 26.6 Å². The van der Waals surface area contributed by atoms with E-state index < -0.39 is 23.6 Å². The highest BCUT2D eigenvalue weighted by atomic mass is 79.9. The maximum absolute atomic E-state index is 12.9. The molecule has 25 heavy (non-hydrogen) atoms. The Morgan fingerprint density at radius 2 is 1.72 bits per heavy atom. The molecule has 2 amide bonds. The molecule has 0 fully saturated rings. The molecule has 0 unspecified atom stereocenters. The van der Waals surface area contributed by atoms with Crippen molar-refractivity contribution in [3.05, 3.63) is 45.3 Å². The van der Waals surface area contributed by atoms with Crippen LogP contribution in [0.1, 0.15) is 34.4 Å². The van der Waals surface area contributed by atoms with Crippen LogP contribution in [0.15, 0.2) is 27.1 Å². The Kier molecular flexibility index (Phi) is 5.26. The summed E-state index contributed by atoms with van der Waals surface area (Å²) in [7, 11) is 0. The Hall–Kier alpha value is -2.29. The molecular formula is C16H14BrF3N2O3. The number of hydrogen-bond donors (Lipinski definition) is 2. The maximum atomic E-state index is 12.9. The summed E-state index contributed by atoms with van der Waals surface area (Å²) in [5, 5.41) is 4.78. The van der Waals surface area contributed by atoms with Crippen molar-refractivity contribution < 1.29 is 27.2 Å². The van der Waals surface area contributed by atoms with Gasteiger partial charge in [-0.2, -0.15) is 13.2 Å². The first kappa shape index (κ1) is 19.0. The van der Waals surface area contributed by atoms with Crippen molar-refractivity contribution in [2.75, 3.05) is 10.6 Å². The minimum absolute atomic E-state index is 0.0582. The van der Waals surface area contributed by atoms with E-state index in [0.29, 0.717) is 16.0 Å². The highest BCUT2D eigenvalue weighted by Gasteiger charge is 2.31. The molecule has 0 radical (unpaired) electrons. The first-order valence-corrected chi connectivity index (χ1v) is 7.85. The highest BCUT2D eigenvalue weighted by molar-refractivity contribution is 9.10. The van der Waals surface area contributed by atoms with Crippen LogP contribution in [0.2, 0.25) is 0 Å². The Balaban J connectivity index is 2.45. The smallest absolute Gasteiger partial charge is 0.416 e. The number of alkyl halides is 3. The van der Waals surface area contributed by atoms with Crippen LogP contribution in [0.4, 0.5) is 24.5 Å². The van der Waals surface area contributed by atoms with Crippen molar-refractivity contribution in [1.82, 2.24) is 0 Å². The lowest BCUT2D eigenvalue weighted by atomic mass is 10.1. The minimum Gasteiger partial charge on any atom is -0.465 e. The third kappa shape index (κ3) is 4.22. The lowest BCUT2D eigenvalue weighted by molar-refractivity contribution is -0.137. The molecule has 0 aliphatic carbocycles. The van der Waals surface area contributed by atoms with Gasteiger partial charge in [0.25, 0.3) is 5.91 Å². The number of furan rings is 1. The fraction of sp³-hybridized carbons (Fsp3) is 0.250. The van der Waals surface area contributed by atoms with Crippen molar-refractivity contribution in [1.29, 1.82) is 0 Å². The number of carbonyl (C=O) groups excluding carboxylic acids is 2. The summed E-state index contributed by atoms with van der Waals surface area (Å²) in [6.45, 7) is 4.41. The second-order valence-electron chi connectivity index (χ2n) is 5.30. The number of halogens is 4. The quantitative estimate of drug-likeness (QED) is 0.745. The van der Waals surface area contributed by atoms with E-state index in [1.54, 1.807) is 13.8 Å².